The number of amides is 1. The van der Waals surface area contributed by atoms with Crippen molar-refractivity contribution in [3.8, 4) is 6.07 Å². The van der Waals surface area contributed by atoms with Crippen LogP contribution in [0.2, 0.25) is 0 Å². The minimum atomic E-state index is -0.419. The fraction of sp³-hybridized carbons (Fsp3) is 0.227. The molecular formula is C22H22N4OS. The maximum absolute atomic E-state index is 13.1. The maximum atomic E-state index is 13.1. The topological polar surface area (TPSA) is 59.4 Å². The number of carbonyl (C=O) groups excluding carboxylic acids is 1. The van der Waals surface area contributed by atoms with Crippen LogP contribution in [0.15, 0.2) is 59.8 Å². The second-order valence-corrected chi connectivity index (χ2v) is 7.38. The Labute approximate surface area is 170 Å². The van der Waals surface area contributed by atoms with Gasteiger partial charge in [-0.2, -0.15) is 5.26 Å². The van der Waals surface area contributed by atoms with Crippen LogP contribution in [0.25, 0.3) is 0 Å². The van der Waals surface area contributed by atoms with Gasteiger partial charge in [-0.3, -0.25) is 9.69 Å². The number of anilines is 1. The first-order valence-corrected chi connectivity index (χ1v) is 9.34. The molecule has 1 aliphatic rings. The molecule has 0 bridgehead atoms. The van der Waals surface area contributed by atoms with Crippen LogP contribution in [0, 0.1) is 18.3 Å². The average molecular weight is 391 g/mol. The molecule has 0 saturated heterocycles. The van der Waals surface area contributed by atoms with E-state index in [0.717, 1.165) is 22.5 Å². The quantitative estimate of drug-likeness (QED) is 0.811. The van der Waals surface area contributed by atoms with Crippen molar-refractivity contribution in [1.29, 1.82) is 5.26 Å². The summed E-state index contributed by atoms with van der Waals surface area (Å²) in [5.74, 6) is -0.100. The van der Waals surface area contributed by atoms with E-state index in [9.17, 15) is 10.1 Å². The van der Waals surface area contributed by atoms with Gasteiger partial charge in [0.25, 0.3) is 5.91 Å². The summed E-state index contributed by atoms with van der Waals surface area (Å²) in [5, 5.41) is 13.1. The fourth-order valence-corrected chi connectivity index (χ4v) is 3.66. The van der Waals surface area contributed by atoms with Crippen LogP contribution in [0.4, 0.5) is 5.69 Å². The van der Waals surface area contributed by atoms with Crippen molar-refractivity contribution in [2.24, 2.45) is 0 Å². The Balaban J connectivity index is 2.17. The largest absolute Gasteiger partial charge is 0.351 e. The number of nitrogens with zero attached hydrogens (tertiary/aromatic N) is 3. The maximum Gasteiger partial charge on any atom is 0.253 e. The van der Waals surface area contributed by atoms with Crippen molar-refractivity contribution >= 4 is 28.9 Å². The Morgan fingerprint density at radius 3 is 2.46 bits per heavy atom. The molecule has 2 aromatic carbocycles. The molecular weight excluding hydrogens is 368 g/mol. The number of aryl methyl sites for hydroxylation is 1. The summed E-state index contributed by atoms with van der Waals surface area (Å²) in [6.07, 6.45) is 0. The molecule has 1 N–H and O–H groups in total. The molecule has 0 aliphatic carbocycles. The molecule has 6 heteroatoms. The lowest BCUT2D eigenvalue weighted by molar-refractivity contribution is -0.125. The molecule has 28 heavy (non-hydrogen) atoms. The van der Waals surface area contributed by atoms with E-state index in [1.165, 1.54) is 0 Å². The lowest BCUT2D eigenvalue weighted by Crippen LogP contribution is -2.49. The lowest BCUT2D eigenvalue weighted by atomic mass is 9.93. The number of likely N-dealkylation sites (N-methyl/N-ethyl adjacent to an activating group) is 1. The van der Waals surface area contributed by atoms with Crippen molar-refractivity contribution in [1.82, 2.24) is 10.2 Å². The normalized spacial score (nSPS) is 16.5. The van der Waals surface area contributed by atoms with Crippen LogP contribution in [0.1, 0.15) is 29.7 Å². The molecule has 0 spiro atoms. The van der Waals surface area contributed by atoms with Crippen LogP contribution >= 0.6 is 12.2 Å². The number of hydrogen-bond acceptors (Lipinski definition) is 3. The van der Waals surface area contributed by atoms with E-state index >= 15 is 0 Å². The predicted octanol–water partition coefficient (Wildman–Crippen LogP) is 3.66. The minimum Gasteiger partial charge on any atom is -0.351 e. The molecule has 1 atom stereocenters. The van der Waals surface area contributed by atoms with Gasteiger partial charge in [0, 0.05) is 25.5 Å². The molecule has 1 amide bonds. The number of rotatable bonds is 3. The monoisotopic (exact) mass is 390 g/mol. The summed E-state index contributed by atoms with van der Waals surface area (Å²) in [4.78, 5) is 16.5. The van der Waals surface area contributed by atoms with Gasteiger partial charge in [0.2, 0.25) is 0 Å². The molecule has 5 nitrogen and oxygen atoms in total. The van der Waals surface area contributed by atoms with Crippen LogP contribution in [-0.2, 0) is 4.79 Å². The summed E-state index contributed by atoms with van der Waals surface area (Å²) in [6.45, 7) is 3.93. The summed E-state index contributed by atoms with van der Waals surface area (Å²) in [5.41, 5.74) is 4.80. The Morgan fingerprint density at radius 1 is 1.18 bits per heavy atom. The van der Waals surface area contributed by atoms with Crippen molar-refractivity contribution in [2.45, 2.75) is 19.9 Å². The Morgan fingerprint density at radius 2 is 1.86 bits per heavy atom. The summed E-state index contributed by atoms with van der Waals surface area (Å²) < 4.78 is 0. The minimum absolute atomic E-state index is 0.100. The number of nitriles is 1. The average Bonchev–Trinajstić information content (AvgIpc) is 2.68. The molecule has 0 fully saturated rings. The van der Waals surface area contributed by atoms with Gasteiger partial charge in [-0.05, 0) is 55.9 Å². The predicted molar refractivity (Wildman–Crippen MR) is 115 cm³/mol. The number of benzene rings is 2. The van der Waals surface area contributed by atoms with E-state index in [2.05, 4.69) is 11.4 Å². The smallest absolute Gasteiger partial charge is 0.253 e. The second-order valence-electron chi connectivity index (χ2n) is 6.99. The van der Waals surface area contributed by atoms with Crippen LogP contribution in [0.5, 0.6) is 0 Å². The zero-order chi connectivity index (χ0) is 20.4. The Bertz CT molecular complexity index is 1000. The van der Waals surface area contributed by atoms with E-state index in [1.807, 2.05) is 55.1 Å². The molecule has 1 aliphatic heterocycles. The van der Waals surface area contributed by atoms with Crippen molar-refractivity contribution in [3.05, 3.63) is 76.5 Å². The highest BCUT2D eigenvalue weighted by molar-refractivity contribution is 7.80. The third-order valence-corrected chi connectivity index (χ3v) is 5.06. The van der Waals surface area contributed by atoms with Gasteiger partial charge in [-0.25, -0.2) is 0 Å². The van der Waals surface area contributed by atoms with E-state index in [4.69, 9.17) is 12.2 Å². The third kappa shape index (κ3) is 3.62. The second kappa shape index (κ2) is 7.83. The summed E-state index contributed by atoms with van der Waals surface area (Å²) in [6, 6.07) is 17.0. The summed E-state index contributed by atoms with van der Waals surface area (Å²) in [7, 11) is 3.46. The van der Waals surface area contributed by atoms with Gasteiger partial charge in [-0.15, -0.1) is 0 Å². The third-order valence-electron chi connectivity index (χ3n) is 4.76. The fourth-order valence-electron chi connectivity index (χ4n) is 3.30. The Hall–Kier alpha value is -3.17. The van der Waals surface area contributed by atoms with Gasteiger partial charge < -0.3 is 10.2 Å². The van der Waals surface area contributed by atoms with Gasteiger partial charge >= 0.3 is 0 Å². The lowest BCUT2D eigenvalue weighted by Gasteiger charge is -2.38. The number of thiocarbonyl (C=S) groups is 1. The first kappa shape index (κ1) is 19.6. The molecule has 142 valence electrons. The first-order valence-electron chi connectivity index (χ1n) is 8.93. The summed E-state index contributed by atoms with van der Waals surface area (Å²) >= 11 is 5.65. The molecule has 0 aromatic heterocycles. The molecule has 1 heterocycles. The highest BCUT2D eigenvalue weighted by Crippen LogP contribution is 2.34. The van der Waals surface area contributed by atoms with E-state index < -0.39 is 6.04 Å². The van der Waals surface area contributed by atoms with Gasteiger partial charge in [0.1, 0.15) is 0 Å². The van der Waals surface area contributed by atoms with Crippen LogP contribution in [0.3, 0.4) is 0 Å². The molecule has 2 aromatic rings. The van der Waals surface area contributed by atoms with Crippen molar-refractivity contribution in [3.63, 3.8) is 0 Å². The van der Waals surface area contributed by atoms with E-state index in [-0.39, 0.29) is 5.91 Å². The SMILES string of the molecule is CC1=C(C(=O)N(C)C)C(c2cccc(C#N)c2)NC(=S)N1c1ccc(C)cc1. The number of carbonyl (C=O) groups is 1. The zero-order valence-electron chi connectivity index (χ0n) is 16.4. The number of hydrogen-bond donors (Lipinski definition) is 1. The Kier molecular flexibility index (Phi) is 5.48. The van der Waals surface area contributed by atoms with Gasteiger partial charge in [-0.1, -0.05) is 29.8 Å². The van der Waals surface area contributed by atoms with Crippen molar-refractivity contribution in [2.75, 3.05) is 19.0 Å². The molecule has 0 saturated carbocycles. The number of nitrogens with one attached hydrogen (secondary N) is 1. The number of allylic oxidation sites excluding steroid dienone is 1. The molecule has 0 radical (unpaired) electrons. The van der Waals surface area contributed by atoms with E-state index in [0.29, 0.717) is 16.2 Å². The standard InChI is InChI=1S/C22H22N4OS/c1-14-8-10-18(11-9-14)26-15(2)19(21(27)25(3)4)20(24-22(26)28)17-7-5-6-16(12-17)13-23/h5-12,20H,1-4H3,(H,24,28). The van der Waals surface area contributed by atoms with Gasteiger partial charge in [0.15, 0.2) is 5.11 Å². The van der Waals surface area contributed by atoms with Crippen LogP contribution < -0.4 is 10.2 Å². The highest BCUT2D eigenvalue weighted by atomic mass is 32.1. The first-order chi connectivity index (χ1) is 13.3. The highest BCUT2D eigenvalue weighted by Gasteiger charge is 2.35. The molecule has 1 unspecified atom stereocenters. The molecule has 3 rings (SSSR count). The zero-order valence-corrected chi connectivity index (χ0v) is 17.2. The van der Waals surface area contributed by atoms with E-state index in [1.54, 1.807) is 31.1 Å². The van der Waals surface area contributed by atoms with Crippen molar-refractivity contribution < 1.29 is 4.79 Å². The van der Waals surface area contributed by atoms with Gasteiger partial charge in [0.05, 0.1) is 23.2 Å². The van der Waals surface area contributed by atoms with Crippen LogP contribution in [-0.4, -0.2) is 30.0 Å².